The lowest BCUT2D eigenvalue weighted by Crippen LogP contribution is -2.36. The summed E-state index contributed by atoms with van der Waals surface area (Å²) < 4.78 is 28.6. The number of halogens is 2. The molecule has 2 rings (SSSR count). The average Bonchev–Trinajstić information content (AvgIpc) is 2.49. The summed E-state index contributed by atoms with van der Waals surface area (Å²) in [5.41, 5.74) is 1.03. The third-order valence-corrected chi connectivity index (χ3v) is 4.10. The summed E-state index contributed by atoms with van der Waals surface area (Å²) in [5, 5.41) is 11.9. The summed E-state index contributed by atoms with van der Waals surface area (Å²) in [4.78, 5) is 23.6. The minimum atomic E-state index is -2.91. The highest BCUT2D eigenvalue weighted by atomic mass is 19.3. The molecule has 0 radical (unpaired) electrons. The lowest BCUT2D eigenvalue weighted by atomic mass is 9.78. The molecular weight excluding hydrogens is 308 g/mol. The molecule has 7 heteroatoms. The second-order valence-corrected chi connectivity index (χ2v) is 5.68. The molecule has 0 aliphatic heterocycles. The minimum absolute atomic E-state index is 0.0107. The number of alkyl halides is 2. The Balaban J connectivity index is 2.08. The van der Waals surface area contributed by atoms with E-state index in [4.69, 9.17) is 0 Å². The summed E-state index contributed by atoms with van der Waals surface area (Å²) in [5.74, 6) is -2.54. The highest BCUT2D eigenvalue weighted by Gasteiger charge is 2.35. The molecule has 1 aliphatic carbocycles. The maximum Gasteiger partial charge on any atom is 0.387 e. The molecule has 23 heavy (non-hydrogen) atoms. The van der Waals surface area contributed by atoms with Gasteiger partial charge < -0.3 is 15.2 Å². The van der Waals surface area contributed by atoms with Gasteiger partial charge in [0, 0.05) is 5.69 Å². The molecule has 1 saturated carbocycles. The van der Waals surface area contributed by atoms with E-state index in [0.29, 0.717) is 24.1 Å². The van der Waals surface area contributed by atoms with E-state index in [1.807, 2.05) is 0 Å². The summed E-state index contributed by atoms with van der Waals surface area (Å²) in [6.45, 7) is -1.25. The number of carboxylic acid groups (broad SMARTS) is 1. The topological polar surface area (TPSA) is 75.6 Å². The van der Waals surface area contributed by atoms with Gasteiger partial charge in [0.25, 0.3) is 0 Å². The summed E-state index contributed by atoms with van der Waals surface area (Å²) in [6.07, 6.45) is 2.66. The van der Waals surface area contributed by atoms with Crippen LogP contribution in [0.3, 0.4) is 0 Å². The fourth-order valence-corrected chi connectivity index (χ4v) is 2.92. The van der Waals surface area contributed by atoms with E-state index in [1.165, 1.54) is 18.2 Å². The van der Waals surface area contributed by atoms with Crippen molar-refractivity contribution in [2.24, 2.45) is 11.8 Å². The maximum atomic E-state index is 12.4. The van der Waals surface area contributed by atoms with Crippen molar-refractivity contribution in [3.05, 3.63) is 23.8 Å². The molecule has 0 bridgehead atoms. The molecule has 1 amide bonds. The van der Waals surface area contributed by atoms with Gasteiger partial charge in [-0.25, -0.2) is 0 Å². The zero-order valence-corrected chi connectivity index (χ0v) is 12.7. The number of ether oxygens (including phenoxy) is 1. The molecule has 0 spiro atoms. The van der Waals surface area contributed by atoms with Gasteiger partial charge >= 0.3 is 12.6 Å². The maximum absolute atomic E-state index is 12.4. The Bertz CT molecular complexity index is 591. The largest absolute Gasteiger partial charge is 0.481 e. The number of carbonyl (C=O) groups excluding carboxylic acids is 1. The number of carboxylic acids is 1. The first-order chi connectivity index (χ1) is 10.9. The van der Waals surface area contributed by atoms with Gasteiger partial charge in [-0.15, -0.1) is 0 Å². The van der Waals surface area contributed by atoms with Crippen LogP contribution in [0.1, 0.15) is 31.2 Å². The lowest BCUT2D eigenvalue weighted by molar-refractivity contribution is -0.147. The zero-order chi connectivity index (χ0) is 17.0. The predicted octanol–water partition coefficient (Wildman–Crippen LogP) is 3.43. The molecule has 2 N–H and O–H groups in total. The Hall–Kier alpha value is -2.18. The SMILES string of the molecule is Cc1cc(OC(F)F)ccc1NC(=O)[C@H]1CCCC[C@H]1C(=O)O. The van der Waals surface area contributed by atoms with Crippen LogP contribution < -0.4 is 10.1 Å². The van der Waals surface area contributed by atoms with E-state index in [0.717, 1.165) is 12.8 Å². The van der Waals surface area contributed by atoms with Gasteiger partial charge in [-0.05, 0) is 43.5 Å². The van der Waals surface area contributed by atoms with Crippen molar-refractivity contribution in [2.75, 3.05) is 5.32 Å². The van der Waals surface area contributed by atoms with Gasteiger partial charge in [-0.2, -0.15) is 8.78 Å². The molecule has 0 unspecified atom stereocenters. The Morgan fingerprint density at radius 1 is 1.26 bits per heavy atom. The molecule has 5 nitrogen and oxygen atoms in total. The summed E-state index contributed by atoms with van der Waals surface area (Å²) >= 11 is 0. The fourth-order valence-electron chi connectivity index (χ4n) is 2.92. The van der Waals surface area contributed by atoms with E-state index in [9.17, 15) is 23.5 Å². The van der Waals surface area contributed by atoms with Crippen LogP contribution >= 0.6 is 0 Å². The smallest absolute Gasteiger partial charge is 0.387 e. The van der Waals surface area contributed by atoms with Gasteiger partial charge in [0.05, 0.1) is 11.8 Å². The molecule has 0 saturated heterocycles. The lowest BCUT2D eigenvalue weighted by Gasteiger charge is -2.27. The first-order valence-electron chi connectivity index (χ1n) is 7.47. The number of rotatable bonds is 5. The molecule has 1 aliphatic rings. The van der Waals surface area contributed by atoms with Gasteiger partial charge in [0.2, 0.25) is 5.91 Å². The van der Waals surface area contributed by atoms with Crippen molar-refractivity contribution in [1.29, 1.82) is 0 Å². The van der Waals surface area contributed by atoms with Crippen LogP contribution in [0, 0.1) is 18.8 Å². The zero-order valence-electron chi connectivity index (χ0n) is 12.7. The quantitative estimate of drug-likeness (QED) is 0.869. The second-order valence-electron chi connectivity index (χ2n) is 5.68. The van der Waals surface area contributed by atoms with E-state index >= 15 is 0 Å². The minimum Gasteiger partial charge on any atom is -0.481 e. The number of anilines is 1. The van der Waals surface area contributed by atoms with Crippen LogP contribution in [0.4, 0.5) is 14.5 Å². The van der Waals surface area contributed by atoms with Crippen LogP contribution in [0.25, 0.3) is 0 Å². The van der Waals surface area contributed by atoms with E-state index in [-0.39, 0.29) is 11.7 Å². The van der Waals surface area contributed by atoms with Crippen LogP contribution in [0.5, 0.6) is 5.75 Å². The molecule has 2 atom stereocenters. The van der Waals surface area contributed by atoms with Crippen molar-refractivity contribution >= 4 is 17.6 Å². The molecule has 1 aromatic rings. The highest BCUT2D eigenvalue weighted by molar-refractivity contribution is 5.95. The summed E-state index contributed by atoms with van der Waals surface area (Å²) in [6, 6.07) is 4.21. The van der Waals surface area contributed by atoms with Gasteiger partial charge in [0.15, 0.2) is 0 Å². The van der Waals surface area contributed by atoms with E-state index in [2.05, 4.69) is 10.1 Å². The van der Waals surface area contributed by atoms with Gasteiger partial charge in [-0.1, -0.05) is 12.8 Å². The first-order valence-corrected chi connectivity index (χ1v) is 7.47. The van der Waals surface area contributed by atoms with Crippen LogP contribution in [-0.2, 0) is 9.59 Å². The second kappa shape index (κ2) is 7.39. The third-order valence-electron chi connectivity index (χ3n) is 4.10. The van der Waals surface area contributed by atoms with Crippen LogP contribution in [0.15, 0.2) is 18.2 Å². The number of nitrogens with one attached hydrogen (secondary N) is 1. The predicted molar refractivity (Wildman–Crippen MR) is 79.5 cm³/mol. The van der Waals surface area contributed by atoms with E-state index < -0.39 is 24.4 Å². The van der Waals surface area contributed by atoms with Crippen LogP contribution in [0.2, 0.25) is 0 Å². The molecular formula is C16H19F2NO4. The Labute approximate surface area is 132 Å². The average molecular weight is 327 g/mol. The normalized spacial score (nSPS) is 21.0. The van der Waals surface area contributed by atoms with Gasteiger partial charge in [0.1, 0.15) is 5.75 Å². The number of benzene rings is 1. The first kappa shape index (κ1) is 17.2. The number of aryl methyl sites for hydroxylation is 1. The molecule has 0 aromatic heterocycles. The third kappa shape index (κ3) is 4.40. The molecule has 1 aromatic carbocycles. The van der Waals surface area contributed by atoms with Crippen molar-refractivity contribution < 1.29 is 28.2 Å². The standard InChI is InChI=1S/C16H19F2NO4/c1-9-8-10(23-16(17)18)6-7-13(9)19-14(20)11-4-2-3-5-12(11)15(21)22/h6-8,11-12,16H,2-5H2,1H3,(H,19,20)(H,21,22)/t11-,12+/m0/s1. The number of hydrogen-bond donors (Lipinski definition) is 2. The fraction of sp³-hybridized carbons (Fsp3) is 0.500. The van der Waals surface area contributed by atoms with Crippen molar-refractivity contribution in [1.82, 2.24) is 0 Å². The Morgan fingerprint density at radius 2 is 1.91 bits per heavy atom. The number of hydrogen-bond acceptors (Lipinski definition) is 3. The Kier molecular flexibility index (Phi) is 5.52. The number of aliphatic carboxylic acids is 1. The number of carbonyl (C=O) groups is 2. The van der Waals surface area contributed by atoms with Crippen molar-refractivity contribution in [3.8, 4) is 5.75 Å². The molecule has 1 fully saturated rings. The van der Waals surface area contributed by atoms with Crippen LogP contribution in [-0.4, -0.2) is 23.6 Å². The molecule has 126 valence electrons. The van der Waals surface area contributed by atoms with E-state index in [1.54, 1.807) is 6.92 Å². The molecule has 0 heterocycles. The number of amides is 1. The van der Waals surface area contributed by atoms with Crippen molar-refractivity contribution in [3.63, 3.8) is 0 Å². The van der Waals surface area contributed by atoms with Gasteiger partial charge in [-0.3, -0.25) is 9.59 Å². The highest BCUT2D eigenvalue weighted by Crippen LogP contribution is 2.32. The van der Waals surface area contributed by atoms with Crippen molar-refractivity contribution in [2.45, 2.75) is 39.2 Å². The summed E-state index contributed by atoms with van der Waals surface area (Å²) in [7, 11) is 0. The monoisotopic (exact) mass is 327 g/mol. The Morgan fingerprint density at radius 3 is 2.48 bits per heavy atom.